The smallest absolute Gasteiger partial charge is 0.158 e. The van der Waals surface area contributed by atoms with E-state index in [-0.39, 0.29) is 6.04 Å². The Morgan fingerprint density at radius 1 is 1.33 bits per heavy atom. The van der Waals surface area contributed by atoms with E-state index in [1.54, 1.807) is 7.11 Å². The molecule has 1 N–H and O–H groups in total. The molecule has 0 aliphatic rings. The van der Waals surface area contributed by atoms with Crippen LogP contribution in [0.15, 0.2) is 6.07 Å². The van der Waals surface area contributed by atoms with E-state index in [1.807, 2.05) is 20.0 Å². The van der Waals surface area contributed by atoms with Gasteiger partial charge in [-0.25, -0.2) is 9.97 Å². The first-order chi connectivity index (χ1) is 10.1. The molecule has 120 valence electrons. The molecule has 0 fully saturated rings. The van der Waals surface area contributed by atoms with Crippen LogP contribution in [0.25, 0.3) is 0 Å². The molecule has 0 aromatic carbocycles. The van der Waals surface area contributed by atoms with Gasteiger partial charge >= 0.3 is 0 Å². The van der Waals surface area contributed by atoms with Crippen LogP contribution in [0.1, 0.15) is 33.0 Å². The topological polar surface area (TPSA) is 59.5 Å². The van der Waals surface area contributed by atoms with E-state index >= 15 is 0 Å². The van der Waals surface area contributed by atoms with Crippen molar-refractivity contribution in [3.63, 3.8) is 0 Å². The van der Waals surface area contributed by atoms with Crippen molar-refractivity contribution in [2.24, 2.45) is 0 Å². The SMILES string of the molecule is CCCNc1cc(N(C)C(C)COC)nc(COCC)n1. The van der Waals surface area contributed by atoms with Gasteiger partial charge in [-0.3, -0.25) is 0 Å². The van der Waals surface area contributed by atoms with Crippen LogP contribution >= 0.6 is 0 Å². The fourth-order valence-electron chi connectivity index (χ4n) is 1.84. The van der Waals surface area contributed by atoms with Crippen molar-refractivity contribution in [3.8, 4) is 0 Å². The molecule has 6 nitrogen and oxygen atoms in total. The number of ether oxygens (including phenoxy) is 2. The summed E-state index contributed by atoms with van der Waals surface area (Å²) in [6, 6.07) is 2.21. The quantitative estimate of drug-likeness (QED) is 0.715. The maximum atomic E-state index is 5.43. The monoisotopic (exact) mass is 296 g/mol. The second kappa shape index (κ2) is 9.52. The average Bonchev–Trinajstić information content (AvgIpc) is 2.50. The van der Waals surface area contributed by atoms with Crippen molar-refractivity contribution in [1.29, 1.82) is 0 Å². The van der Waals surface area contributed by atoms with Gasteiger partial charge in [-0.05, 0) is 20.3 Å². The summed E-state index contributed by atoms with van der Waals surface area (Å²) in [7, 11) is 3.72. The molecule has 1 aromatic heterocycles. The van der Waals surface area contributed by atoms with Gasteiger partial charge in [0, 0.05) is 33.4 Å². The van der Waals surface area contributed by atoms with Gasteiger partial charge in [0.15, 0.2) is 5.82 Å². The molecule has 6 heteroatoms. The van der Waals surface area contributed by atoms with Gasteiger partial charge in [0.05, 0.1) is 12.6 Å². The molecule has 0 amide bonds. The number of likely N-dealkylation sites (N-methyl/N-ethyl adjacent to an activating group) is 1. The highest BCUT2D eigenvalue weighted by atomic mass is 16.5. The molecule has 0 spiro atoms. The molecule has 1 unspecified atom stereocenters. The van der Waals surface area contributed by atoms with E-state index in [1.165, 1.54) is 0 Å². The summed E-state index contributed by atoms with van der Waals surface area (Å²) in [6.45, 7) is 8.82. The molecule has 0 saturated heterocycles. The second-order valence-corrected chi connectivity index (χ2v) is 5.01. The minimum atomic E-state index is 0.240. The summed E-state index contributed by atoms with van der Waals surface area (Å²) in [6.07, 6.45) is 1.05. The number of nitrogens with zero attached hydrogens (tertiary/aromatic N) is 3. The summed E-state index contributed by atoms with van der Waals surface area (Å²) >= 11 is 0. The first kappa shape index (κ1) is 17.7. The maximum absolute atomic E-state index is 5.43. The van der Waals surface area contributed by atoms with Gasteiger partial charge < -0.3 is 19.7 Å². The number of rotatable bonds is 10. The van der Waals surface area contributed by atoms with Crippen molar-refractivity contribution in [1.82, 2.24) is 9.97 Å². The summed E-state index contributed by atoms with van der Waals surface area (Å²) in [5, 5.41) is 3.31. The minimum absolute atomic E-state index is 0.240. The first-order valence-corrected chi connectivity index (χ1v) is 7.53. The Balaban J connectivity index is 2.93. The normalized spacial score (nSPS) is 12.2. The molecule has 0 bridgehead atoms. The first-order valence-electron chi connectivity index (χ1n) is 7.53. The maximum Gasteiger partial charge on any atom is 0.158 e. The van der Waals surface area contributed by atoms with Gasteiger partial charge in [-0.2, -0.15) is 0 Å². The van der Waals surface area contributed by atoms with E-state index in [4.69, 9.17) is 9.47 Å². The van der Waals surface area contributed by atoms with E-state index in [9.17, 15) is 0 Å². The van der Waals surface area contributed by atoms with Crippen molar-refractivity contribution in [3.05, 3.63) is 11.9 Å². The third kappa shape index (κ3) is 5.85. The van der Waals surface area contributed by atoms with Crippen molar-refractivity contribution >= 4 is 11.6 Å². The lowest BCUT2D eigenvalue weighted by molar-refractivity contribution is 0.128. The number of hydrogen-bond donors (Lipinski definition) is 1. The van der Waals surface area contributed by atoms with Crippen LogP contribution in [0.3, 0.4) is 0 Å². The molecule has 21 heavy (non-hydrogen) atoms. The van der Waals surface area contributed by atoms with Crippen LogP contribution in [-0.4, -0.2) is 49.9 Å². The standard InChI is InChI=1S/C15H28N4O2/c1-6-8-16-13-9-15(19(4)12(3)10-20-5)18-14(17-13)11-21-7-2/h9,12H,6-8,10-11H2,1-5H3,(H,16,17,18). The Bertz CT molecular complexity index is 388. The molecule has 0 aliphatic carbocycles. The van der Waals surface area contributed by atoms with Crippen LogP contribution in [0, 0.1) is 0 Å². The molecule has 0 radical (unpaired) electrons. The number of nitrogens with one attached hydrogen (secondary N) is 1. The summed E-state index contributed by atoms with van der Waals surface area (Å²) in [4.78, 5) is 11.2. The molecule has 0 aliphatic heterocycles. The van der Waals surface area contributed by atoms with Crippen molar-refractivity contribution < 1.29 is 9.47 Å². The lowest BCUT2D eigenvalue weighted by atomic mass is 10.3. The minimum Gasteiger partial charge on any atom is -0.383 e. The summed E-state index contributed by atoms with van der Waals surface area (Å²) in [5.74, 6) is 2.42. The van der Waals surface area contributed by atoms with Gasteiger partial charge in [-0.15, -0.1) is 0 Å². The Kier molecular flexibility index (Phi) is 8.00. The highest BCUT2D eigenvalue weighted by molar-refractivity contribution is 5.49. The third-order valence-corrected chi connectivity index (χ3v) is 3.18. The molecule has 1 heterocycles. The summed E-state index contributed by atoms with van der Waals surface area (Å²) < 4.78 is 10.6. The second-order valence-electron chi connectivity index (χ2n) is 5.01. The Morgan fingerprint density at radius 2 is 2.10 bits per heavy atom. The van der Waals surface area contributed by atoms with E-state index in [2.05, 4.69) is 34.0 Å². The lowest BCUT2D eigenvalue weighted by Gasteiger charge is -2.26. The third-order valence-electron chi connectivity index (χ3n) is 3.18. The number of hydrogen-bond acceptors (Lipinski definition) is 6. The zero-order chi connectivity index (χ0) is 15.7. The Hall–Kier alpha value is -1.40. The lowest BCUT2D eigenvalue weighted by Crippen LogP contribution is -2.33. The zero-order valence-electron chi connectivity index (χ0n) is 13.8. The van der Waals surface area contributed by atoms with Gasteiger partial charge in [0.2, 0.25) is 0 Å². The highest BCUT2D eigenvalue weighted by Gasteiger charge is 2.14. The van der Waals surface area contributed by atoms with Crippen LogP contribution in [0.4, 0.5) is 11.6 Å². The Labute approximate surface area is 127 Å². The van der Waals surface area contributed by atoms with E-state index in [0.717, 1.165) is 24.6 Å². The largest absolute Gasteiger partial charge is 0.383 e. The van der Waals surface area contributed by atoms with Crippen LogP contribution in [0.5, 0.6) is 0 Å². The van der Waals surface area contributed by atoms with Crippen LogP contribution in [0.2, 0.25) is 0 Å². The van der Waals surface area contributed by atoms with Gasteiger partial charge in [0.25, 0.3) is 0 Å². The van der Waals surface area contributed by atoms with Crippen molar-refractivity contribution in [2.75, 3.05) is 44.1 Å². The molecule has 1 rings (SSSR count). The Morgan fingerprint density at radius 3 is 2.71 bits per heavy atom. The fourth-order valence-corrected chi connectivity index (χ4v) is 1.84. The van der Waals surface area contributed by atoms with E-state index in [0.29, 0.717) is 25.6 Å². The molecular formula is C15H28N4O2. The van der Waals surface area contributed by atoms with Gasteiger partial charge in [0.1, 0.15) is 18.2 Å². The molecule has 1 atom stereocenters. The van der Waals surface area contributed by atoms with Crippen molar-refractivity contribution in [2.45, 2.75) is 39.8 Å². The average molecular weight is 296 g/mol. The number of aromatic nitrogens is 2. The predicted molar refractivity (Wildman–Crippen MR) is 85.9 cm³/mol. The zero-order valence-corrected chi connectivity index (χ0v) is 13.8. The predicted octanol–water partition coefficient (Wildman–Crippen LogP) is 2.31. The van der Waals surface area contributed by atoms with Crippen LogP contribution in [-0.2, 0) is 16.1 Å². The highest BCUT2D eigenvalue weighted by Crippen LogP contribution is 2.17. The van der Waals surface area contributed by atoms with Crippen LogP contribution < -0.4 is 10.2 Å². The summed E-state index contributed by atoms with van der Waals surface area (Å²) in [5.41, 5.74) is 0. The fraction of sp³-hybridized carbons (Fsp3) is 0.733. The molecule has 0 saturated carbocycles. The number of methoxy groups -OCH3 is 1. The molecule has 1 aromatic rings. The van der Waals surface area contributed by atoms with E-state index < -0.39 is 0 Å². The molecular weight excluding hydrogens is 268 g/mol. The van der Waals surface area contributed by atoms with Gasteiger partial charge in [-0.1, -0.05) is 6.92 Å². The number of anilines is 2.